The molecule has 1 aromatic rings. The van der Waals surface area contributed by atoms with E-state index in [4.69, 9.17) is 9.47 Å². The van der Waals surface area contributed by atoms with E-state index in [2.05, 4.69) is 4.98 Å². The average molecular weight is 318 g/mol. The average Bonchev–Trinajstić information content (AvgIpc) is 2.96. The number of methoxy groups -OCH3 is 1. The van der Waals surface area contributed by atoms with E-state index < -0.39 is 0 Å². The summed E-state index contributed by atoms with van der Waals surface area (Å²) < 4.78 is 11.4. The van der Waals surface area contributed by atoms with Crippen LogP contribution in [0.1, 0.15) is 41.7 Å². The van der Waals surface area contributed by atoms with Crippen molar-refractivity contribution in [2.75, 3.05) is 33.4 Å². The highest BCUT2D eigenvalue weighted by Gasteiger charge is 2.46. The van der Waals surface area contributed by atoms with Gasteiger partial charge in [0.15, 0.2) is 0 Å². The highest BCUT2D eigenvalue weighted by Crippen LogP contribution is 2.42. The van der Waals surface area contributed by atoms with E-state index in [0.29, 0.717) is 11.6 Å². The lowest BCUT2D eigenvalue weighted by Gasteiger charge is -2.42. The van der Waals surface area contributed by atoms with Gasteiger partial charge in [-0.3, -0.25) is 9.78 Å². The first-order chi connectivity index (χ1) is 11.1. The zero-order valence-corrected chi connectivity index (χ0v) is 14.1. The highest BCUT2D eigenvalue weighted by molar-refractivity contribution is 5.92. The number of likely N-dealkylation sites (tertiary alicyclic amines) is 1. The molecule has 126 valence electrons. The molecule has 1 atom stereocenters. The zero-order valence-electron chi connectivity index (χ0n) is 14.1. The first-order valence-corrected chi connectivity index (χ1v) is 8.49. The van der Waals surface area contributed by atoms with E-state index in [1.165, 1.54) is 0 Å². The Morgan fingerprint density at radius 3 is 2.87 bits per heavy atom. The Morgan fingerprint density at radius 2 is 2.22 bits per heavy atom. The summed E-state index contributed by atoms with van der Waals surface area (Å²) in [5, 5.41) is 0. The summed E-state index contributed by atoms with van der Waals surface area (Å²) >= 11 is 0. The molecule has 0 N–H and O–H groups in total. The number of rotatable bonds is 4. The van der Waals surface area contributed by atoms with E-state index in [0.717, 1.165) is 57.6 Å². The van der Waals surface area contributed by atoms with Crippen LogP contribution in [-0.4, -0.2) is 54.8 Å². The molecule has 5 heteroatoms. The van der Waals surface area contributed by atoms with E-state index in [1.807, 2.05) is 24.0 Å². The standard InChI is InChI=1S/C18H26N2O3/c1-14-3-4-16(19-13-14)17(21)20-9-7-18(8-10-20)15(5-11-22-2)6-12-23-18/h3-4,13,15H,5-12H2,1-2H3. The fourth-order valence-electron chi connectivity index (χ4n) is 3.85. The van der Waals surface area contributed by atoms with Crippen molar-refractivity contribution in [3.05, 3.63) is 29.6 Å². The molecule has 1 unspecified atom stereocenters. The van der Waals surface area contributed by atoms with Crippen molar-refractivity contribution in [1.82, 2.24) is 9.88 Å². The molecular formula is C18H26N2O3. The monoisotopic (exact) mass is 318 g/mol. The van der Waals surface area contributed by atoms with Crippen LogP contribution in [0.3, 0.4) is 0 Å². The van der Waals surface area contributed by atoms with Gasteiger partial charge in [-0.1, -0.05) is 6.07 Å². The van der Waals surface area contributed by atoms with Gasteiger partial charge in [0.05, 0.1) is 5.60 Å². The largest absolute Gasteiger partial charge is 0.385 e. The van der Waals surface area contributed by atoms with Crippen molar-refractivity contribution in [3.8, 4) is 0 Å². The summed E-state index contributed by atoms with van der Waals surface area (Å²) in [5.74, 6) is 0.587. The fourth-order valence-corrected chi connectivity index (χ4v) is 3.85. The minimum absolute atomic E-state index is 0.0336. The lowest BCUT2D eigenvalue weighted by molar-refractivity contribution is -0.0662. The van der Waals surface area contributed by atoms with E-state index >= 15 is 0 Å². The Kier molecular flexibility index (Phi) is 4.97. The lowest BCUT2D eigenvalue weighted by atomic mass is 9.78. The molecule has 3 heterocycles. The topological polar surface area (TPSA) is 51.7 Å². The number of ether oxygens (including phenoxy) is 2. The molecule has 5 nitrogen and oxygen atoms in total. The molecule has 2 saturated heterocycles. The van der Waals surface area contributed by atoms with Gasteiger partial charge in [-0.05, 0) is 50.2 Å². The van der Waals surface area contributed by atoms with Crippen molar-refractivity contribution >= 4 is 5.91 Å². The number of hydrogen-bond donors (Lipinski definition) is 0. The second kappa shape index (κ2) is 6.97. The Morgan fingerprint density at radius 1 is 1.43 bits per heavy atom. The third kappa shape index (κ3) is 3.40. The van der Waals surface area contributed by atoms with Crippen LogP contribution in [0.5, 0.6) is 0 Å². The molecule has 0 bridgehead atoms. The second-order valence-corrected chi connectivity index (χ2v) is 6.69. The van der Waals surface area contributed by atoms with Gasteiger partial charge < -0.3 is 14.4 Å². The van der Waals surface area contributed by atoms with Gasteiger partial charge >= 0.3 is 0 Å². The van der Waals surface area contributed by atoms with Crippen LogP contribution < -0.4 is 0 Å². The van der Waals surface area contributed by atoms with Crippen LogP contribution in [0.2, 0.25) is 0 Å². The van der Waals surface area contributed by atoms with Crippen LogP contribution in [0.4, 0.5) is 0 Å². The Balaban J connectivity index is 1.61. The van der Waals surface area contributed by atoms with Crippen LogP contribution in [0.25, 0.3) is 0 Å². The third-order valence-corrected chi connectivity index (χ3v) is 5.30. The molecule has 1 amide bonds. The quantitative estimate of drug-likeness (QED) is 0.855. The molecule has 1 aromatic heterocycles. The molecular weight excluding hydrogens is 292 g/mol. The van der Waals surface area contributed by atoms with Crippen molar-refractivity contribution in [2.24, 2.45) is 5.92 Å². The van der Waals surface area contributed by atoms with Gasteiger partial charge in [0.25, 0.3) is 5.91 Å². The maximum absolute atomic E-state index is 12.6. The van der Waals surface area contributed by atoms with Gasteiger partial charge in [0, 0.05) is 39.6 Å². The highest BCUT2D eigenvalue weighted by atomic mass is 16.5. The van der Waals surface area contributed by atoms with Crippen LogP contribution in [0.15, 0.2) is 18.3 Å². The van der Waals surface area contributed by atoms with Crippen molar-refractivity contribution < 1.29 is 14.3 Å². The van der Waals surface area contributed by atoms with Gasteiger partial charge in [0.2, 0.25) is 0 Å². The van der Waals surface area contributed by atoms with Gasteiger partial charge in [-0.2, -0.15) is 0 Å². The molecule has 2 aliphatic rings. The maximum atomic E-state index is 12.6. The fraction of sp³-hybridized carbons (Fsp3) is 0.667. The summed E-state index contributed by atoms with van der Waals surface area (Å²) in [5.41, 5.74) is 1.56. The Hall–Kier alpha value is -1.46. The normalized spacial score (nSPS) is 23.4. The van der Waals surface area contributed by atoms with E-state index in [9.17, 15) is 4.79 Å². The number of hydrogen-bond acceptors (Lipinski definition) is 4. The maximum Gasteiger partial charge on any atom is 0.272 e. The number of nitrogens with zero attached hydrogens (tertiary/aromatic N) is 2. The summed E-state index contributed by atoms with van der Waals surface area (Å²) in [6.07, 6.45) is 5.73. The predicted molar refractivity (Wildman–Crippen MR) is 87.4 cm³/mol. The second-order valence-electron chi connectivity index (χ2n) is 6.69. The number of aromatic nitrogens is 1. The lowest BCUT2D eigenvalue weighted by Crippen LogP contribution is -2.49. The molecule has 3 rings (SSSR count). The molecule has 0 radical (unpaired) electrons. The summed E-state index contributed by atoms with van der Waals surface area (Å²) in [6.45, 7) is 5.09. The minimum Gasteiger partial charge on any atom is -0.385 e. The number of pyridine rings is 1. The minimum atomic E-state index is -0.0456. The van der Waals surface area contributed by atoms with E-state index in [1.54, 1.807) is 13.3 Å². The smallest absolute Gasteiger partial charge is 0.272 e. The van der Waals surface area contributed by atoms with Crippen LogP contribution in [-0.2, 0) is 9.47 Å². The number of carbonyl (C=O) groups excluding carboxylic acids is 1. The van der Waals surface area contributed by atoms with Gasteiger partial charge in [0.1, 0.15) is 5.69 Å². The van der Waals surface area contributed by atoms with Crippen molar-refractivity contribution in [3.63, 3.8) is 0 Å². The van der Waals surface area contributed by atoms with Crippen LogP contribution in [0, 0.1) is 12.8 Å². The number of piperidine rings is 1. The molecule has 23 heavy (non-hydrogen) atoms. The van der Waals surface area contributed by atoms with E-state index in [-0.39, 0.29) is 11.5 Å². The Labute approximate surface area is 138 Å². The number of carbonyl (C=O) groups is 1. The van der Waals surface area contributed by atoms with Gasteiger partial charge in [-0.15, -0.1) is 0 Å². The van der Waals surface area contributed by atoms with Crippen LogP contribution >= 0.6 is 0 Å². The third-order valence-electron chi connectivity index (χ3n) is 5.30. The number of aryl methyl sites for hydroxylation is 1. The first kappa shape index (κ1) is 16.4. The SMILES string of the molecule is COCCC1CCOC12CCN(C(=O)c1ccc(C)cn1)CC2. The van der Waals surface area contributed by atoms with Crippen molar-refractivity contribution in [2.45, 2.75) is 38.2 Å². The molecule has 0 saturated carbocycles. The van der Waals surface area contributed by atoms with Crippen molar-refractivity contribution in [1.29, 1.82) is 0 Å². The predicted octanol–water partition coefficient (Wildman–Crippen LogP) is 2.44. The molecule has 0 aromatic carbocycles. The zero-order chi connectivity index (χ0) is 16.3. The molecule has 0 aliphatic carbocycles. The molecule has 2 aliphatic heterocycles. The molecule has 2 fully saturated rings. The summed E-state index contributed by atoms with van der Waals surface area (Å²) in [4.78, 5) is 18.7. The summed E-state index contributed by atoms with van der Waals surface area (Å²) in [6, 6.07) is 3.75. The number of amides is 1. The molecule has 1 spiro atoms. The van der Waals surface area contributed by atoms with Gasteiger partial charge in [-0.25, -0.2) is 0 Å². The summed E-state index contributed by atoms with van der Waals surface area (Å²) in [7, 11) is 1.75. The first-order valence-electron chi connectivity index (χ1n) is 8.49. The Bertz CT molecular complexity index is 536.